The summed E-state index contributed by atoms with van der Waals surface area (Å²) in [7, 11) is 1.80. The highest BCUT2D eigenvalue weighted by Gasteiger charge is 2.12. The van der Waals surface area contributed by atoms with Crippen LogP contribution in [0.15, 0.2) is 30.3 Å². The van der Waals surface area contributed by atoms with E-state index in [0.717, 1.165) is 17.2 Å². The van der Waals surface area contributed by atoms with Gasteiger partial charge in [-0.25, -0.2) is 8.78 Å². The Morgan fingerprint density at radius 2 is 1.79 bits per heavy atom. The molecule has 0 amide bonds. The van der Waals surface area contributed by atoms with Crippen LogP contribution in [0.2, 0.25) is 5.02 Å². The molecule has 0 saturated carbocycles. The molecule has 0 aromatic heterocycles. The van der Waals surface area contributed by atoms with E-state index in [2.05, 4.69) is 5.32 Å². The second-order valence-corrected chi connectivity index (χ2v) is 4.85. The molecule has 19 heavy (non-hydrogen) atoms. The van der Waals surface area contributed by atoms with Gasteiger partial charge in [-0.3, -0.25) is 0 Å². The van der Waals surface area contributed by atoms with E-state index >= 15 is 0 Å². The summed E-state index contributed by atoms with van der Waals surface area (Å²) in [5, 5.41) is 3.60. The first-order chi connectivity index (χ1) is 9.02. The Morgan fingerprint density at radius 3 is 2.47 bits per heavy atom. The zero-order chi connectivity index (χ0) is 14.0. The monoisotopic (exact) mass is 281 g/mol. The molecule has 100 valence electrons. The zero-order valence-corrected chi connectivity index (χ0v) is 11.5. The normalized spacial score (nSPS) is 10.8. The first kappa shape index (κ1) is 14.0. The van der Waals surface area contributed by atoms with E-state index in [1.807, 2.05) is 0 Å². The summed E-state index contributed by atoms with van der Waals surface area (Å²) in [5.74, 6) is -1.10. The molecule has 0 bridgehead atoms. The predicted molar refractivity (Wildman–Crippen MR) is 74.3 cm³/mol. The molecule has 0 aliphatic carbocycles. The lowest BCUT2D eigenvalue weighted by molar-refractivity contribution is 0.579. The summed E-state index contributed by atoms with van der Waals surface area (Å²) in [6.07, 6.45) is 0. The molecule has 1 nitrogen and oxygen atoms in total. The Morgan fingerprint density at radius 1 is 1.05 bits per heavy atom. The third kappa shape index (κ3) is 2.94. The van der Waals surface area contributed by atoms with Crippen LogP contribution in [0, 0.1) is 18.6 Å². The smallest absolute Gasteiger partial charge is 0.133 e. The highest BCUT2D eigenvalue weighted by atomic mass is 35.5. The fourth-order valence-electron chi connectivity index (χ4n) is 2.03. The lowest BCUT2D eigenvalue weighted by Crippen LogP contribution is -2.07. The number of halogens is 3. The maximum absolute atomic E-state index is 13.9. The molecule has 2 aromatic rings. The number of benzene rings is 2. The molecule has 0 radical (unpaired) electrons. The van der Waals surface area contributed by atoms with Gasteiger partial charge in [-0.1, -0.05) is 17.7 Å². The largest absolute Gasteiger partial charge is 0.316 e. The van der Waals surface area contributed by atoms with E-state index in [9.17, 15) is 8.78 Å². The van der Waals surface area contributed by atoms with Crippen molar-refractivity contribution >= 4 is 11.6 Å². The molecule has 0 atom stereocenters. The van der Waals surface area contributed by atoms with Crippen molar-refractivity contribution in [3.8, 4) is 11.1 Å². The number of hydrogen-bond donors (Lipinski definition) is 1. The number of hydrogen-bond acceptors (Lipinski definition) is 1. The van der Waals surface area contributed by atoms with Gasteiger partial charge in [0.25, 0.3) is 0 Å². The van der Waals surface area contributed by atoms with E-state index < -0.39 is 11.6 Å². The van der Waals surface area contributed by atoms with Gasteiger partial charge < -0.3 is 5.32 Å². The van der Waals surface area contributed by atoms with Crippen LogP contribution in [0.4, 0.5) is 8.78 Å². The maximum atomic E-state index is 13.9. The van der Waals surface area contributed by atoms with Crippen LogP contribution in [0.1, 0.15) is 11.1 Å². The molecule has 0 fully saturated rings. The van der Waals surface area contributed by atoms with Crippen molar-refractivity contribution < 1.29 is 8.78 Å². The van der Waals surface area contributed by atoms with Crippen molar-refractivity contribution in [3.63, 3.8) is 0 Å². The molecule has 0 heterocycles. The van der Waals surface area contributed by atoms with Gasteiger partial charge in [0.15, 0.2) is 0 Å². The number of rotatable bonds is 3. The van der Waals surface area contributed by atoms with Crippen LogP contribution in [0.3, 0.4) is 0 Å². The minimum Gasteiger partial charge on any atom is -0.316 e. The fraction of sp³-hybridized carbons (Fsp3) is 0.200. The first-order valence-electron chi connectivity index (χ1n) is 5.92. The average Bonchev–Trinajstić information content (AvgIpc) is 2.35. The van der Waals surface area contributed by atoms with Gasteiger partial charge in [0.2, 0.25) is 0 Å². The number of aryl methyl sites for hydroxylation is 1. The van der Waals surface area contributed by atoms with Gasteiger partial charge in [0.05, 0.1) is 0 Å². The molecule has 0 aliphatic heterocycles. The van der Waals surface area contributed by atoms with E-state index in [4.69, 9.17) is 11.6 Å². The van der Waals surface area contributed by atoms with Gasteiger partial charge in [-0.15, -0.1) is 0 Å². The third-order valence-corrected chi connectivity index (χ3v) is 3.21. The second-order valence-electron chi connectivity index (χ2n) is 4.41. The van der Waals surface area contributed by atoms with E-state index in [-0.39, 0.29) is 0 Å². The minimum atomic E-state index is -0.567. The first-order valence-corrected chi connectivity index (χ1v) is 6.29. The standard InChI is InChI=1S/C15H14ClF2N/c1-9-5-13(15(18)7-14(9)17)12-4-3-11(16)6-10(12)8-19-2/h3-7,19H,8H2,1-2H3. The Bertz CT molecular complexity index is 611. The summed E-state index contributed by atoms with van der Waals surface area (Å²) < 4.78 is 27.3. The van der Waals surface area contributed by atoms with Crippen LogP contribution in [-0.2, 0) is 6.54 Å². The second kappa shape index (κ2) is 5.68. The third-order valence-electron chi connectivity index (χ3n) is 2.97. The highest BCUT2D eigenvalue weighted by molar-refractivity contribution is 6.30. The molecule has 4 heteroatoms. The van der Waals surface area contributed by atoms with Gasteiger partial charge in [-0.05, 0) is 48.9 Å². The molecular weight excluding hydrogens is 268 g/mol. The quantitative estimate of drug-likeness (QED) is 0.884. The Kier molecular flexibility index (Phi) is 4.17. The Hall–Kier alpha value is -1.45. The predicted octanol–water partition coefficient (Wildman–Crippen LogP) is 4.31. The van der Waals surface area contributed by atoms with E-state index in [0.29, 0.717) is 22.7 Å². The molecule has 0 aliphatic rings. The van der Waals surface area contributed by atoms with Gasteiger partial charge in [0.1, 0.15) is 11.6 Å². The lowest BCUT2D eigenvalue weighted by Gasteiger charge is -2.12. The van der Waals surface area contributed by atoms with Crippen LogP contribution < -0.4 is 5.32 Å². The van der Waals surface area contributed by atoms with Crippen molar-refractivity contribution in [2.24, 2.45) is 0 Å². The van der Waals surface area contributed by atoms with Crippen molar-refractivity contribution in [3.05, 3.63) is 58.1 Å². The topological polar surface area (TPSA) is 12.0 Å². The molecule has 2 rings (SSSR count). The molecular formula is C15H14ClF2N. The summed E-state index contributed by atoms with van der Waals surface area (Å²) in [4.78, 5) is 0. The SMILES string of the molecule is CNCc1cc(Cl)ccc1-c1cc(C)c(F)cc1F. The van der Waals surface area contributed by atoms with Crippen LogP contribution in [0.25, 0.3) is 11.1 Å². The van der Waals surface area contributed by atoms with Gasteiger partial charge in [-0.2, -0.15) is 0 Å². The van der Waals surface area contributed by atoms with E-state index in [1.54, 1.807) is 32.2 Å². The fourth-order valence-corrected chi connectivity index (χ4v) is 2.22. The average molecular weight is 282 g/mol. The minimum absolute atomic E-state index is 0.390. The van der Waals surface area contributed by atoms with Crippen molar-refractivity contribution in [1.29, 1.82) is 0 Å². The van der Waals surface area contributed by atoms with E-state index in [1.165, 1.54) is 6.07 Å². The number of nitrogens with one attached hydrogen (secondary N) is 1. The van der Waals surface area contributed by atoms with Crippen LogP contribution in [0.5, 0.6) is 0 Å². The Labute approximate surface area is 116 Å². The van der Waals surface area contributed by atoms with Crippen LogP contribution in [-0.4, -0.2) is 7.05 Å². The summed E-state index contributed by atoms with van der Waals surface area (Å²) in [5.41, 5.74) is 2.40. The maximum Gasteiger partial charge on any atom is 0.133 e. The molecule has 0 unspecified atom stereocenters. The summed E-state index contributed by atoms with van der Waals surface area (Å²) >= 11 is 5.95. The molecule has 0 saturated heterocycles. The molecule has 2 aromatic carbocycles. The van der Waals surface area contributed by atoms with Crippen LogP contribution >= 0.6 is 11.6 Å². The zero-order valence-electron chi connectivity index (χ0n) is 10.7. The van der Waals surface area contributed by atoms with Crippen molar-refractivity contribution in [2.45, 2.75) is 13.5 Å². The Balaban J connectivity index is 2.61. The van der Waals surface area contributed by atoms with Crippen molar-refractivity contribution in [2.75, 3.05) is 7.05 Å². The highest BCUT2D eigenvalue weighted by Crippen LogP contribution is 2.30. The molecule has 0 spiro atoms. The van der Waals surface area contributed by atoms with Gasteiger partial charge in [0, 0.05) is 23.2 Å². The van der Waals surface area contributed by atoms with Gasteiger partial charge >= 0.3 is 0 Å². The molecule has 1 N–H and O–H groups in total. The lowest BCUT2D eigenvalue weighted by atomic mass is 9.97. The summed E-state index contributed by atoms with van der Waals surface area (Å²) in [6.45, 7) is 2.18. The van der Waals surface area contributed by atoms with Crippen molar-refractivity contribution in [1.82, 2.24) is 5.32 Å². The summed E-state index contributed by atoms with van der Waals surface area (Å²) in [6, 6.07) is 7.68.